The van der Waals surface area contributed by atoms with Crippen LogP contribution in [0.25, 0.3) is 0 Å². The van der Waals surface area contributed by atoms with Gasteiger partial charge in [0.15, 0.2) is 0 Å². The summed E-state index contributed by atoms with van der Waals surface area (Å²) in [7, 11) is 0. The first-order valence-electron chi connectivity index (χ1n) is 3.98. The molecule has 14 heavy (non-hydrogen) atoms. The minimum Gasteiger partial charge on any atom is -0.465 e. The van der Waals surface area contributed by atoms with Crippen LogP contribution in [0.2, 0.25) is 0 Å². The van der Waals surface area contributed by atoms with Crippen LogP contribution in [-0.2, 0) is 4.79 Å². The molecule has 1 fully saturated rings. The van der Waals surface area contributed by atoms with Gasteiger partial charge in [0.1, 0.15) is 6.04 Å². The van der Waals surface area contributed by atoms with E-state index in [9.17, 15) is 18.4 Å². The first kappa shape index (κ1) is 10.7. The first-order valence-corrected chi connectivity index (χ1v) is 3.98. The van der Waals surface area contributed by atoms with Gasteiger partial charge in [-0.1, -0.05) is 0 Å². The number of halogens is 2. The highest BCUT2D eigenvalue weighted by atomic mass is 19.3. The van der Waals surface area contributed by atoms with E-state index < -0.39 is 37.1 Å². The highest BCUT2D eigenvalue weighted by molar-refractivity contribution is 5.85. The van der Waals surface area contributed by atoms with Gasteiger partial charge >= 0.3 is 6.09 Å². The third kappa shape index (κ3) is 2.30. The summed E-state index contributed by atoms with van der Waals surface area (Å²) in [4.78, 5) is 22.3. The van der Waals surface area contributed by atoms with Crippen LogP contribution in [0, 0.1) is 0 Å². The molecule has 2 N–H and O–H groups in total. The van der Waals surface area contributed by atoms with Crippen LogP contribution < -0.4 is 5.32 Å². The van der Waals surface area contributed by atoms with Crippen molar-refractivity contribution in [1.82, 2.24) is 10.2 Å². The Hall–Kier alpha value is -1.40. The molecule has 0 bridgehead atoms. The number of amides is 2. The number of hydrogen-bond acceptors (Lipinski definition) is 2. The molecular weight excluding hydrogens is 198 g/mol. The number of nitrogens with one attached hydrogen (secondary N) is 1. The quantitative estimate of drug-likeness (QED) is 0.677. The maximum Gasteiger partial charge on any atom is 0.405 e. The van der Waals surface area contributed by atoms with Crippen molar-refractivity contribution in [3.63, 3.8) is 0 Å². The molecule has 0 aromatic rings. The van der Waals surface area contributed by atoms with Gasteiger partial charge in [0, 0.05) is 0 Å². The molecule has 80 valence electrons. The lowest BCUT2D eigenvalue weighted by Crippen LogP contribution is -2.62. The van der Waals surface area contributed by atoms with Crippen LogP contribution in [-0.4, -0.2) is 47.1 Å². The van der Waals surface area contributed by atoms with Crippen molar-refractivity contribution in [2.24, 2.45) is 0 Å². The molecule has 1 heterocycles. The number of carbonyl (C=O) groups is 2. The highest BCUT2D eigenvalue weighted by Gasteiger charge is 2.47. The van der Waals surface area contributed by atoms with E-state index in [1.807, 2.05) is 5.32 Å². The van der Waals surface area contributed by atoms with E-state index in [2.05, 4.69) is 0 Å². The zero-order valence-corrected chi connectivity index (χ0v) is 7.46. The van der Waals surface area contributed by atoms with Crippen molar-refractivity contribution in [3.8, 4) is 0 Å². The van der Waals surface area contributed by atoms with Crippen LogP contribution in [0.3, 0.4) is 0 Å². The molecule has 1 aliphatic rings. The first-order chi connectivity index (χ1) is 6.32. The summed E-state index contributed by atoms with van der Waals surface area (Å²) in [6.45, 7) is 0.0574. The van der Waals surface area contributed by atoms with Gasteiger partial charge in [-0.15, -0.1) is 0 Å². The second-order valence-corrected chi connectivity index (χ2v) is 3.22. The summed E-state index contributed by atoms with van der Waals surface area (Å²) < 4.78 is 24.7. The largest absolute Gasteiger partial charge is 0.465 e. The Bertz CT molecular complexity index is 262. The Labute approximate surface area is 78.7 Å². The zero-order valence-electron chi connectivity index (χ0n) is 7.46. The Morgan fingerprint density at radius 3 is 2.36 bits per heavy atom. The lowest BCUT2D eigenvalue weighted by molar-refractivity contribution is -0.167. The summed E-state index contributed by atoms with van der Waals surface area (Å²) in [6.07, 6.45) is -1.35. The van der Waals surface area contributed by atoms with E-state index in [-0.39, 0.29) is 0 Å². The maximum absolute atomic E-state index is 12.3. The highest BCUT2D eigenvalue weighted by Crippen LogP contribution is 2.26. The van der Waals surface area contributed by atoms with Gasteiger partial charge in [-0.3, -0.25) is 4.79 Å². The number of likely N-dealkylation sites (tertiary alicyclic amines) is 1. The van der Waals surface area contributed by atoms with Crippen LogP contribution in [0.4, 0.5) is 13.6 Å². The van der Waals surface area contributed by atoms with E-state index >= 15 is 0 Å². The molecule has 1 aliphatic heterocycles. The second kappa shape index (κ2) is 3.39. The Balaban J connectivity index is 2.40. The van der Waals surface area contributed by atoms with Gasteiger partial charge in [0.05, 0.1) is 13.1 Å². The van der Waals surface area contributed by atoms with Crippen molar-refractivity contribution in [3.05, 3.63) is 0 Å². The van der Waals surface area contributed by atoms with Gasteiger partial charge in [0.25, 0.3) is 5.92 Å². The van der Waals surface area contributed by atoms with Crippen LogP contribution in [0.1, 0.15) is 6.92 Å². The normalized spacial score (nSPS) is 20.9. The van der Waals surface area contributed by atoms with Gasteiger partial charge in [-0.05, 0) is 6.92 Å². The Kier molecular flexibility index (Phi) is 2.59. The number of rotatable bonds is 2. The average molecular weight is 208 g/mol. The third-order valence-electron chi connectivity index (χ3n) is 1.87. The monoisotopic (exact) mass is 208 g/mol. The van der Waals surface area contributed by atoms with Gasteiger partial charge in [-0.25, -0.2) is 13.6 Å². The van der Waals surface area contributed by atoms with Crippen LogP contribution in [0.5, 0.6) is 0 Å². The van der Waals surface area contributed by atoms with E-state index in [1.54, 1.807) is 0 Å². The molecule has 7 heteroatoms. The van der Waals surface area contributed by atoms with Crippen molar-refractivity contribution in [2.45, 2.75) is 18.9 Å². The topological polar surface area (TPSA) is 69.6 Å². The molecule has 0 unspecified atom stereocenters. The number of hydrogen-bond donors (Lipinski definition) is 2. The molecule has 0 aromatic heterocycles. The minimum atomic E-state index is -2.82. The molecule has 0 radical (unpaired) electrons. The van der Waals surface area contributed by atoms with Crippen molar-refractivity contribution >= 4 is 12.0 Å². The van der Waals surface area contributed by atoms with E-state index in [0.29, 0.717) is 0 Å². The molecule has 2 amide bonds. The molecule has 1 rings (SSSR count). The predicted molar refractivity (Wildman–Crippen MR) is 42.1 cm³/mol. The van der Waals surface area contributed by atoms with Crippen LogP contribution in [0.15, 0.2) is 0 Å². The minimum absolute atomic E-state index is 0.627. The molecule has 0 aliphatic carbocycles. The molecule has 0 aromatic carbocycles. The van der Waals surface area contributed by atoms with Crippen molar-refractivity contribution in [2.75, 3.05) is 13.1 Å². The molecule has 5 nitrogen and oxygen atoms in total. The maximum atomic E-state index is 12.3. The van der Waals surface area contributed by atoms with E-state index in [4.69, 9.17) is 5.11 Å². The fraction of sp³-hybridized carbons (Fsp3) is 0.714. The number of carboxylic acid groups (broad SMARTS) is 1. The summed E-state index contributed by atoms with van der Waals surface area (Å²) >= 11 is 0. The number of nitrogens with zero attached hydrogens (tertiary/aromatic N) is 1. The lowest BCUT2D eigenvalue weighted by Gasteiger charge is -2.39. The van der Waals surface area contributed by atoms with Gasteiger partial charge in [0.2, 0.25) is 5.91 Å². The average Bonchev–Trinajstić information content (AvgIpc) is 1.97. The summed E-state index contributed by atoms with van der Waals surface area (Å²) in [6, 6.07) is -0.983. The third-order valence-corrected chi connectivity index (χ3v) is 1.87. The summed E-state index contributed by atoms with van der Waals surface area (Å²) in [5, 5.41) is 10.2. The number of alkyl halides is 2. The fourth-order valence-electron chi connectivity index (χ4n) is 1.19. The lowest BCUT2D eigenvalue weighted by atomic mass is 10.1. The SMILES string of the molecule is C[C@@H](NC(=O)O)C(=O)N1CC(F)(F)C1. The molecular formula is C7H10F2N2O3. The van der Waals surface area contributed by atoms with Crippen molar-refractivity contribution < 1.29 is 23.5 Å². The molecule has 0 saturated carbocycles. The number of carbonyl (C=O) groups excluding carboxylic acids is 1. The Morgan fingerprint density at radius 2 is 2.00 bits per heavy atom. The smallest absolute Gasteiger partial charge is 0.405 e. The van der Waals surface area contributed by atoms with Gasteiger partial charge in [-0.2, -0.15) is 0 Å². The Morgan fingerprint density at radius 1 is 1.50 bits per heavy atom. The molecule has 1 saturated heterocycles. The van der Waals surface area contributed by atoms with Gasteiger partial charge < -0.3 is 15.3 Å². The zero-order chi connectivity index (χ0) is 10.9. The summed E-state index contributed by atoms with van der Waals surface area (Å²) in [5.41, 5.74) is 0. The second-order valence-electron chi connectivity index (χ2n) is 3.22. The molecule has 1 atom stereocenters. The fourth-order valence-corrected chi connectivity index (χ4v) is 1.19. The summed E-state index contributed by atoms with van der Waals surface area (Å²) in [5.74, 6) is -3.45. The molecule has 0 spiro atoms. The van der Waals surface area contributed by atoms with E-state index in [0.717, 1.165) is 4.90 Å². The standard InChI is InChI=1S/C7H10F2N2O3/c1-4(10-6(13)14)5(12)11-2-7(8,9)3-11/h4,10H,2-3H2,1H3,(H,13,14)/t4-/m1/s1. The predicted octanol–water partition coefficient (Wildman–Crippen LogP) is 0.120. The van der Waals surface area contributed by atoms with Crippen molar-refractivity contribution in [1.29, 1.82) is 0 Å². The van der Waals surface area contributed by atoms with Crippen LogP contribution >= 0.6 is 0 Å². The van der Waals surface area contributed by atoms with E-state index in [1.165, 1.54) is 6.92 Å².